The topological polar surface area (TPSA) is 101 Å². The number of hydrazine groups is 1. The number of fused-ring (bicyclic) bond motifs is 1. The van der Waals surface area contributed by atoms with E-state index in [2.05, 4.69) is 0 Å². The van der Waals surface area contributed by atoms with Crippen molar-refractivity contribution in [3.05, 3.63) is 131 Å². The van der Waals surface area contributed by atoms with Gasteiger partial charge in [0.2, 0.25) is 0 Å². The van der Waals surface area contributed by atoms with Crippen LogP contribution in [0.4, 0.5) is 0 Å². The summed E-state index contributed by atoms with van der Waals surface area (Å²) in [6.07, 6.45) is 0. The summed E-state index contributed by atoms with van der Waals surface area (Å²) in [7, 11) is 0. The Bertz CT molecular complexity index is 1830. The quantitative estimate of drug-likeness (QED) is 0.0477. The summed E-state index contributed by atoms with van der Waals surface area (Å²) in [6, 6.07) is 17.7. The second kappa shape index (κ2) is 12.8. The van der Waals surface area contributed by atoms with Crippen LogP contribution >= 0.6 is 69.6 Å². The lowest BCUT2D eigenvalue weighted by Crippen LogP contribution is -2.51. The molecule has 0 spiro atoms. The molecule has 0 unspecified atom stereocenters. The summed E-state index contributed by atoms with van der Waals surface area (Å²) >= 11 is 37.0. The van der Waals surface area contributed by atoms with Crippen molar-refractivity contribution in [3.63, 3.8) is 0 Å². The van der Waals surface area contributed by atoms with E-state index < -0.39 is 47.1 Å². The number of halogens is 6. The van der Waals surface area contributed by atoms with Gasteiger partial charge >= 0.3 is 5.97 Å². The van der Waals surface area contributed by atoms with Crippen molar-refractivity contribution in [2.45, 2.75) is 0 Å². The summed E-state index contributed by atoms with van der Waals surface area (Å²) < 4.78 is 5.34. The maximum atomic E-state index is 13.8. The number of carbonyl (C=O) groups excluding carboxylic acids is 5. The van der Waals surface area contributed by atoms with Gasteiger partial charge in [-0.3, -0.25) is 19.2 Å². The molecule has 5 rings (SSSR count). The highest BCUT2D eigenvalue weighted by atomic mass is 35.5. The van der Waals surface area contributed by atoms with E-state index in [4.69, 9.17) is 74.3 Å². The molecule has 3 amide bonds. The minimum Gasteiger partial charge on any atom is -0.423 e. The minimum atomic E-state index is -1.08. The van der Waals surface area contributed by atoms with Crippen LogP contribution in [0.5, 0.6) is 5.75 Å². The molecule has 0 atom stereocenters. The van der Waals surface area contributed by atoms with Gasteiger partial charge in [-0.2, -0.15) is 5.01 Å². The molecule has 0 fully saturated rings. The molecule has 0 N–H and O–H groups in total. The number of hydrogen-bond donors (Lipinski definition) is 0. The highest BCUT2D eigenvalue weighted by Gasteiger charge is 2.46. The van der Waals surface area contributed by atoms with Crippen LogP contribution in [0.15, 0.2) is 72.8 Å². The monoisotopic (exact) mass is 708 g/mol. The molecule has 4 aromatic carbocycles. The summed E-state index contributed by atoms with van der Waals surface area (Å²) in [5, 5.41) is -0.127. The highest BCUT2D eigenvalue weighted by molar-refractivity contribution is 6.55. The van der Waals surface area contributed by atoms with Crippen LogP contribution in [0.3, 0.4) is 0 Å². The first-order valence-corrected chi connectivity index (χ1v) is 14.6. The normalized spacial score (nSPS) is 12.3. The van der Waals surface area contributed by atoms with Gasteiger partial charge in [0.05, 0.1) is 47.4 Å². The molecular weight excluding hydrogens is 697 g/mol. The first-order chi connectivity index (χ1) is 20.9. The van der Waals surface area contributed by atoms with Gasteiger partial charge in [-0.15, -0.1) is 0 Å². The molecule has 0 aliphatic carbocycles. The maximum Gasteiger partial charge on any atom is 0.343 e. The molecule has 14 heteroatoms. The fraction of sp³-hybridized carbons (Fsp3) is 0.0333. The van der Waals surface area contributed by atoms with Gasteiger partial charge in [-0.1, -0.05) is 87.8 Å². The molecule has 0 bridgehead atoms. The van der Waals surface area contributed by atoms with Crippen LogP contribution in [-0.4, -0.2) is 46.0 Å². The third-order valence-electron chi connectivity index (χ3n) is 6.41. The summed E-state index contributed by atoms with van der Waals surface area (Å²) in [6.45, 7) is -0.816. The van der Waals surface area contributed by atoms with Crippen molar-refractivity contribution in [3.8, 4) is 5.75 Å². The average molecular weight is 711 g/mol. The maximum absolute atomic E-state index is 13.8. The Kier molecular flexibility index (Phi) is 9.23. The predicted octanol–water partition coefficient (Wildman–Crippen LogP) is 8.36. The first-order valence-electron chi connectivity index (χ1n) is 12.3. The highest BCUT2D eigenvalue weighted by Crippen LogP contribution is 2.45. The Morgan fingerprint density at radius 1 is 0.682 bits per heavy atom. The number of nitrogens with zero attached hydrogens (tertiary/aromatic N) is 2. The van der Waals surface area contributed by atoms with Gasteiger partial charge in [-0.25, -0.2) is 9.80 Å². The lowest BCUT2D eigenvalue weighted by molar-refractivity contribution is 0.00532. The van der Waals surface area contributed by atoms with E-state index in [0.29, 0.717) is 15.6 Å². The number of benzene rings is 4. The second-order valence-corrected chi connectivity index (χ2v) is 11.5. The molecule has 222 valence electrons. The molecule has 0 radical (unpaired) electrons. The Morgan fingerprint density at radius 3 is 1.80 bits per heavy atom. The van der Waals surface area contributed by atoms with E-state index in [-0.39, 0.29) is 47.0 Å². The average Bonchev–Trinajstić information content (AvgIpc) is 3.27. The SMILES string of the molecule is O=C(CN(C(=O)c1ccc(Cl)cc1Cl)N1C(=O)c2c(Cl)c(Cl)c(Cl)c(Cl)c2C1=O)c1ccc(OC(=O)c2ccccc2)cc1. The molecule has 0 saturated carbocycles. The van der Waals surface area contributed by atoms with Gasteiger partial charge in [-0.05, 0) is 54.6 Å². The van der Waals surface area contributed by atoms with E-state index in [1.165, 1.54) is 42.5 Å². The number of ether oxygens (including phenoxy) is 1. The van der Waals surface area contributed by atoms with Gasteiger partial charge in [0.25, 0.3) is 17.7 Å². The number of Topliss-reactive ketones (excluding diaryl/α,β-unsaturated/α-hetero) is 1. The Labute approximate surface area is 279 Å². The van der Waals surface area contributed by atoms with Crippen LogP contribution in [0, 0.1) is 0 Å². The fourth-order valence-electron chi connectivity index (χ4n) is 4.27. The molecule has 1 heterocycles. The lowest BCUT2D eigenvalue weighted by Gasteiger charge is -2.29. The first kappa shape index (κ1) is 31.8. The minimum absolute atomic E-state index is 0.0586. The second-order valence-electron chi connectivity index (χ2n) is 9.12. The largest absolute Gasteiger partial charge is 0.423 e. The van der Waals surface area contributed by atoms with E-state index in [0.717, 1.165) is 0 Å². The van der Waals surface area contributed by atoms with Crippen molar-refractivity contribution >= 4 is 99.1 Å². The fourth-order valence-corrected chi connectivity index (χ4v) is 5.77. The zero-order valence-electron chi connectivity index (χ0n) is 21.7. The summed E-state index contributed by atoms with van der Waals surface area (Å²) in [5.74, 6) is -4.31. The number of esters is 1. The van der Waals surface area contributed by atoms with E-state index in [9.17, 15) is 24.0 Å². The molecule has 8 nitrogen and oxygen atoms in total. The van der Waals surface area contributed by atoms with Crippen LogP contribution < -0.4 is 4.74 Å². The van der Waals surface area contributed by atoms with Crippen molar-refractivity contribution in [2.24, 2.45) is 0 Å². The van der Waals surface area contributed by atoms with Gasteiger partial charge < -0.3 is 4.74 Å². The number of rotatable bonds is 7. The number of imide groups is 1. The van der Waals surface area contributed by atoms with Crippen molar-refractivity contribution in [1.29, 1.82) is 0 Å². The molecular formula is C30H14Cl6N2O6. The molecule has 1 aliphatic rings. The molecule has 0 saturated heterocycles. The van der Waals surface area contributed by atoms with Gasteiger partial charge in [0.15, 0.2) is 5.78 Å². The zero-order chi connectivity index (χ0) is 31.9. The standard InChI is InChI=1S/C30H14Cl6N2O6/c31-16-8-11-18(19(32)12-16)27(40)37(38-28(41)21-22(29(38)42)24(34)26(36)25(35)23(21)33)13-20(39)14-6-9-17(10-7-14)44-30(43)15-4-2-1-3-5-15/h1-12H,13H2. The summed E-state index contributed by atoms with van der Waals surface area (Å²) in [4.78, 5) is 66.8. The van der Waals surface area contributed by atoms with Crippen LogP contribution in [0.1, 0.15) is 51.8 Å². The third-order valence-corrected chi connectivity index (χ3v) is 8.76. The number of amides is 3. The molecule has 0 aromatic heterocycles. The Balaban J connectivity index is 1.48. The van der Waals surface area contributed by atoms with Crippen LogP contribution in [0.25, 0.3) is 0 Å². The Morgan fingerprint density at radius 2 is 1.25 bits per heavy atom. The van der Waals surface area contributed by atoms with E-state index in [1.54, 1.807) is 30.3 Å². The predicted molar refractivity (Wildman–Crippen MR) is 167 cm³/mol. The van der Waals surface area contributed by atoms with Crippen molar-refractivity contribution < 1.29 is 28.7 Å². The van der Waals surface area contributed by atoms with Crippen LogP contribution in [0.2, 0.25) is 30.1 Å². The number of ketones is 1. The molecule has 1 aliphatic heterocycles. The zero-order valence-corrected chi connectivity index (χ0v) is 26.3. The summed E-state index contributed by atoms with van der Waals surface area (Å²) in [5.41, 5.74) is -0.576. The van der Waals surface area contributed by atoms with Crippen LogP contribution in [-0.2, 0) is 0 Å². The van der Waals surface area contributed by atoms with Gasteiger partial charge in [0, 0.05) is 10.6 Å². The van der Waals surface area contributed by atoms with Crippen molar-refractivity contribution in [2.75, 3.05) is 6.54 Å². The number of carbonyl (C=O) groups is 5. The molecule has 44 heavy (non-hydrogen) atoms. The smallest absolute Gasteiger partial charge is 0.343 e. The van der Waals surface area contributed by atoms with Gasteiger partial charge in [0.1, 0.15) is 12.3 Å². The lowest BCUT2D eigenvalue weighted by atomic mass is 10.1. The van der Waals surface area contributed by atoms with E-state index >= 15 is 0 Å². The van der Waals surface area contributed by atoms with E-state index in [1.807, 2.05) is 0 Å². The molecule has 4 aromatic rings. The third kappa shape index (κ3) is 5.89. The Hall–Kier alpha value is -3.63. The number of hydrogen-bond acceptors (Lipinski definition) is 6. The van der Waals surface area contributed by atoms with Crippen molar-refractivity contribution in [1.82, 2.24) is 10.0 Å².